The van der Waals surface area contributed by atoms with Gasteiger partial charge in [-0.3, -0.25) is 14.5 Å². The first kappa shape index (κ1) is 17.9. The van der Waals surface area contributed by atoms with Crippen molar-refractivity contribution >= 4 is 21.7 Å². The normalized spacial score (nSPS) is 19.1. The number of piperidine rings is 1. The van der Waals surface area contributed by atoms with Gasteiger partial charge in [0, 0.05) is 25.4 Å². The molecule has 0 aromatic heterocycles. The first-order chi connectivity index (χ1) is 9.67. The van der Waals surface area contributed by atoms with Gasteiger partial charge in [-0.05, 0) is 19.3 Å². The number of hydrogen-bond acceptors (Lipinski definition) is 6. The van der Waals surface area contributed by atoms with E-state index in [4.69, 9.17) is 11.5 Å². The van der Waals surface area contributed by atoms with Gasteiger partial charge in [-0.25, -0.2) is 8.42 Å². The molecule has 0 aliphatic carbocycles. The van der Waals surface area contributed by atoms with E-state index >= 15 is 0 Å². The standard InChI is InChI=1S/C12H24N4O4S/c1-21(19,20)7-4-10(13)12(18)15-9-2-5-16(6-3-9)8-11(14)17/h9-10H,2-8,13H2,1H3,(H2,14,17)(H,15,18). The minimum Gasteiger partial charge on any atom is -0.369 e. The summed E-state index contributed by atoms with van der Waals surface area (Å²) in [6.45, 7) is 1.60. The van der Waals surface area contributed by atoms with E-state index in [1.165, 1.54) is 0 Å². The third-order valence-corrected chi connectivity index (χ3v) is 4.43. The van der Waals surface area contributed by atoms with Crippen LogP contribution in [0.2, 0.25) is 0 Å². The summed E-state index contributed by atoms with van der Waals surface area (Å²) in [6, 6.07) is -0.811. The van der Waals surface area contributed by atoms with Crippen LogP contribution in [0, 0.1) is 0 Å². The number of carbonyl (C=O) groups excluding carboxylic acids is 2. The van der Waals surface area contributed by atoms with E-state index in [0.29, 0.717) is 13.1 Å². The van der Waals surface area contributed by atoms with Gasteiger partial charge >= 0.3 is 0 Å². The predicted molar refractivity (Wildman–Crippen MR) is 79.1 cm³/mol. The molecule has 21 heavy (non-hydrogen) atoms. The van der Waals surface area contributed by atoms with Crippen LogP contribution < -0.4 is 16.8 Å². The highest BCUT2D eigenvalue weighted by Gasteiger charge is 2.24. The second kappa shape index (κ2) is 7.71. The fourth-order valence-electron chi connectivity index (χ4n) is 2.24. The number of primary amides is 1. The molecule has 0 aromatic rings. The largest absolute Gasteiger partial charge is 0.369 e. The van der Waals surface area contributed by atoms with Gasteiger partial charge < -0.3 is 16.8 Å². The van der Waals surface area contributed by atoms with Crippen molar-refractivity contribution in [3.63, 3.8) is 0 Å². The maximum Gasteiger partial charge on any atom is 0.237 e. The molecular weight excluding hydrogens is 296 g/mol. The molecule has 1 heterocycles. The van der Waals surface area contributed by atoms with Crippen LogP contribution in [0.3, 0.4) is 0 Å². The minimum atomic E-state index is -3.12. The average molecular weight is 320 g/mol. The third kappa shape index (κ3) is 7.39. The van der Waals surface area contributed by atoms with Gasteiger partial charge in [0.2, 0.25) is 11.8 Å². The van der Waals surface area contributed by atoms with E-state index < -0.39 is 15.9 Å². The number of likely N-dealkylation sites (tertiary alicyclic amines) is 1. The van der Waals surface area contributed by atoms with Gasteiger partial charge in [-0.2, -0.15) is 0 Å². The first-order valence-electron chi connectivity index (χ1n) is 6.91. The molecule has 8 nitrogen and oxygen atoms in total. The number of rotatable bonds is 7. The summed E-state index contributed by atoms with van der Waals surface area (Å²) in [5, 5.41) is 2.83. The van der Waals surface area contributed by atoms with Crippen molar-refractivity contribution in [3.05, 3.63) is 0 Å². The van der Waals surface area contributed by atoms with E-state index in [0.717, 1.165) is 19.1 Å². The summed E-state index contributed by atoms with van der Waals surface area (Å²) in [5.74, 6) is -0.786. The molecule has 1 fully saturated rings. The second-order valence-corrected chi connectivity index (χ2v) is 7.81. The maximum atomic E-state index is 11.9. The molecule has 0 bridgehead atoms. The number of nitrogens with two attached hydrogens (primary N) is 2. The van der Waals surface area contributed by atoms with Crippen molar-refractivity contribution < 1.29 is 18.0 Å². The molecule has 0 aromatic carbocycles. The number of nitrogens with one attached hydrogen (secondary N) is 1. The van der Waals surface area contributed by atoms with Gasteiger partial charge in [0.1, 0.15) is 9.84 Å². The van der Waals surface area contributed by atoms with E-state index in [1.807, 2.05) is 4.90 Å². The third-order valence-electron chi connectivity index (χ3n) is 3.45. The van der Waals surface area contributed by atoms with E-state index in [-0.39, 0.29) is 36.6 Å². The molecule has 9 heteroatoms. The quantitative estimate of drug-likeness (QED) is 0.488. The first-order valence-corrected chi connectivity index (χ1v) is 8.98. The van der Waals surface area contributed by atoms with Crippen LogP contribution >= 0.6 is 0 Å². The Morgan fingerprint density at radius 1 is 1.33 bits per heavy atom. The van der Waals surface area contributed by atoms with Crippen molar-refractivity contribution in [2.75, 3.05) is 31.6 Å². The Morgan fingerprint density at radius 2 is 1.90 bits per heavy atom. The number of nitrogens with zero attached hydrogens (tertiary/aromatic N) is 1. The maximum absolute atomic E-state index is 11.9. The van der Waals surface area contributed by atoms with Crippen molar-refractivity contribution in [2.24, 2.45) is 11.5 Å². The van der Waals surface area contributed by atoms with Crippen molar-refractivity contribution in [3.8, 4) is 0 Å². The van der Waals surface area contributed by atoms with Crippen LogP contribution in [-0.2, 0) is 19.4 Å². The summed E-state index contributed by atoms with van der Waals surface area (Å²) < 4.78 is 22.1. The Morgan fingerprint density at radius 3 is 2.38 bits per heavy atom. The fourth-order valence-corrected chi connectivity index (χ4v) is 2.92. The van der Waals surface area contributed by atoms with Crippen molar-refractivity contribution in [2.45, 2.75) is 31.3 Å². The zero-order chi connectivity index (χ0) is 16.0. The highest BCUT2D eigenvalue weighted by Crippen LogP contribution is 2.10. The molecule has 1 rings (SSSR count). The number of amides is 2. The van der Waals surface area contributed by atoms with E-state index in [2.05, 4.69) is 5.32 Å². The van der Waals surface area contributed by atoms with Gasteiger partial charge in [0.05, 0.1) is 18.3 Å². The molecule has 0 saturated carbocycles. The monoisotopic (exact) mass is 320 g/mol. The van der Waals surface area contributed by atoms with Crippen LogP contribution in [0.15, 0.2) is 0 Å². The topological polar surface area (TPSA) is 136 Å². The summed E-state index contributed by atoms with van der Waals surface area (Å²) in [5.41, 5.74) is 10.8. The lowest BCUT2D eigenvalue weighted by Gasteiger charge is -2.32. The smallest absolute Gasteiger partial charge is 0.237 e. The number of carbonyl (C=O) groups is 2. The summed E-state index contributed by atoms with van der Waals surface area (Å²) in [6.07, 6.45) is 2.67. The van der Waals surface area contributed by atoms with Gasteiger partial charge in [0.25, 0.3) is 0 Å². The molecule has 122 valence electrons. The zero-order valence-electron chi connectivity index (χ0n) is 12.2. The van der Waals surface area contributed by atoms with Crippen molar-refractivity contribution in [1.82, 2.24) is 10.2 Å². The molecule has 1 atom stereocenters. The van der Waals surface area contributed by atoms with E-state index in [9.17, 15) is 18.0 Å². The summed E-state index contributed by atoms with van der Waals surface area (Å²) in [7, 11) is -3.12. The molecule has 0 spiro atoms. The van der Waals surface area contributed by atoms with Gasteiger partial charge in [-0.1, -0.05) is 0 Å². The Hall–Kier alpha value is -1.19. The Bertz CT molecular complexity index is 472. The zero-order valence-corrected chi connectivity index (χ0v) is 13.1. The lowest BCUT2D eigenvalue weighted by atomic mass is 10.0. The molecule has 1 unspecified atom stereocenters. The second-order valence-electron chi connectivity index (χ2n) is 5.55. The van der Waals surface area contributed by atoms with Crippen molar-refractivity contribution in [1.29, 1.82) is 0 Å². The lowest BCUT2D eigenvalue weighted by molar-refractivity contribution is -0.124. The van der Waals surface area contributed by atoms with Crippen LogP contribution in [0.4, 0.5) is 0 Å². The number of hydrogen-bond donors (Lipinski definition) is 3. The highest BCUT2D eigenvalue weighted by atomic mass is 32.2. The van der Waals surface area contributed by atoms with Gasteiger partial charge in [0.15, 0.2) is 0 Å². The summed E-state index contributed by atoms with van der Waals surface area (Å²) in [4.78, 5) is 24.6. The molecule has 1 aliphatic rings. The van der Waals surface area contributed by atoms with Crippen LogP contribution in [0.25, 0.3) is 0 Å². The lowest BCUT2D eigenvalue weighted by Crippen LogP contribution is -2.50. The SMILES string of the molecule is CS(=O)(=O)CCC(N)C(=O)NC1CCN(CC(N)=O)CC1. The summed E-state index contributed by atoms with van der Waals surface area (Å²) >= 11 is 0. The predicted octanol–water partition coefficient (Wildman–Crippen LogP) is -2.19. The number of sulfone groups is 1. The highest BCUT2D eigenvalue weighted by molar-refractivity contribution is 7.90. The Kier molecular flexibility index (Phi) is 6.56. The molecule has 5 N–H and O–H groups in total. The molecule has 2 amide bonds. The van der Waals surface area contributed by atoms with Crippen LogP contribution in [0.5, 0.6) is 0 Å². The Labute approximate surface area is 125 Å². The Balaban J connectivity index is 2.31. The van der Waals surface area contributed by atoms with Crippen LogP contribution in [-0.4, -0.2) is 68.9 Å². The fraction of sp³-hybridized carbons (Fsp3) is 0.833. The molecule has 1 aliphatic heterocycles. The molecular formula is C12H24N4O4S. The minimum absolute atomic E-state index is 0.00547. The molecule has 0 radical (unpaired) electrons. The molecule has 1 saturated heterocycles. The van der Waals surface area contributed by atoms with E-state index in [1.54, 1.807) is 0 Å². The average Bonchev–Trinajstić information content (AvgIpc) is 2.36. The van der Waals surface area contributed by atoms with Gasteiger partial charge in [-0.15, -0.1) is 0 Å². The van der Waals surface area contributed by atoms with Crippen LogP contribution in [0.1, 0.15) is 19.3 Å².